The second-order valence-corrected chi connectivity index (χ2v) is 7.74. The molecule has 0 aromatic carbocycles. The number of rotatable bonds is 5. The van der Waals surface area contributed by atoms with E-state index in [1.54, 1.807) is 6.20 Å². The number of H-pyrrole nitrogens is 1. The molecule has 0 spiro atoms. The Kier molecular flexibility index (Phi) is 5.06. The normalized spacial score (nSPS) is 23.9. The maximum absolute atomic E-state index is 6.02. The van der Waals surface area contributed by atoms with E-state index in [2.05, 4.69) is 43.5 Å². The summed E-state index contributed by atoms with van der Waals surface area (Å²) in [5.41, 5.74) is 7.25. The van der Waals surface area contributed by atoms with Gasteiger partial charge in [-0.2, -0.15) is 10.1 Å². The van der Waals surface area contributed by atoms with Crippen molar-refractivity contribution < 1.29 is 0 Å². The van der Waals surface area contributed by atoms with Gasteiger partial charge in [0.1, 0.15) is 5.82 Å². The van der Waals surface area contributed by atoms with E-state index in [4.69, 9.17) is 5.73 Å². The highest BCUT2D eigenvalue weighted by Crippen LogP contribution is 2.34. The topological polar surface area (TPSA) is 95.8 Å². The maximum Gasteiger partial charge on any atom is 0.227 e. The summed E-state index contributed by atoms with van der Waals surface area (Å²) >= 11 is 0. The molecular weight excluding hydrogens is 326 g/mol. The third-order valence-electron chi connectivity index (χ3n) is 5.90. The minimum atomic E-state index is 0.349. The molecule has 4 N–H and O–H groups in total. The largest absolute Gasteiger partial charge is 0.341 e. The van der Waals surface area contributed by atoms with Crippen molar-refractivity contribution >= 4 is 17.6 Å². The first-order chi connectivity index (χ1) is 12.7. The molecule has 140 valence electrons. The molecule has 0 saturated heterocycles. The van der Waals surface area contributed by atoms with Crippen LogP contribution in [0.25, 0.3) is 0 Å². The lowest BCUT2D eigenvalue weighted by Crippen LogP contribution is -2.39. The first-order valence-corrected chi connectivity index (χ1v) is 9.83. The van der Waals surface area contributed by atoms with Crippen LogP contribution in [0.2, 0.25) is 0 Å². The SMILES string of the molecule is CN(c1nccc(Nc2cc(C3CCCC3)[nH]n2)n1)C1CCC(N)CC1. The lowest BCUT2D eigenvalue weighted by molar-refractivity contribution is 0.382. The number of nitrogens with one attached hydrogen (secondary N) is 2. The van der Waals surface area contributed by atoms with Crippen LogP contribution in [0.15, 0.2) is 18.3 Å². The van der Waals surface area contributed by atoms with Crippen molar-refractivity contribution in [2.45, 2.75) is 69.4 Å². The van der Waals surface area contributed by atoms with Gasteiger partial charge < -0.3 is 16.0 Å². The number of aromatic nitrogens is 4. The van der Waals surface area contributed by atoms with Gasteiger partial charge in [-0.15, -0.1) is 0 Å². The zero-order valence-corrected chi connectivity index (χ0v) is 15.5. The van der Waals surface area contributed by atoms with Gasteiger partial charge in [0.25, 0.3) is 0 Å². The molecule has 0 amide bonds. The zero-order valence-electron chi connectivity index (χ0n) is 15.5. The summed E-state index contributed by atoms with van der Waals surface area (Å²) in [5, 5.41) is 10.9. The van der Waals surface area contributed by atoms with Crippen molar-refractivity contribution in [3.63, 3.8) is 0 Å². The Bertz CT molecular complexity index is 714. The molecule has 7 heteroatoms. The minimum Gasteiger partial charge on any atom is -0.341 e. The maximum atomic E-state index is 6.02. The number of anilines is 3. The lowest BCUT2D eigenvalue weighted by Gasteiger charge is -2.33. The van der Waals surface area contributed by atoms with Crippen LogP contribution >= 0.6 is 0 Å². The van der Waals surface area contributed by atoms with Crippen LogP contribution in [0.5, 0.6) is 0 Å². The molecule has 2 aromatic heterocycles. The van der Waals surface area contributed by atoms with Crippen LogP contribution < -0.4 is 16.0 Å². The monoisotopic (exact) mass is 355 g/mol. The van der Waals surface area contributed by atoms with E-state index in [1.165, 1.54) is 31.4 Å². The zero-order chi connectivity index (χ0) is 17.9. The average molecular weight is 355 g/mol. The Balaban J connectivity index is 1.42. The number of aromatic amines is 1. The molecular formula is C19H29N7. The smallest absolute Gasteiger partial charge is 0.227 e. The molecule has 2 aliphatic carbocycles. The van der Waals surface area contributed by atoms with Gasteiger partial charge in [0, 0.05) is 43.0 Å². The van der Waals surface area contributed by atoms with Crippen molar-refractivity contribution in [1.82, 2.24) is 20.2 Å². The van der Waals surface area contributed by atoms with E-state index >= 15 is 0 Å². The summed E-state index contributed by atoms with van der Waals surface area (Å²) in [6.07, 6.45) is 11.3. The van der Waals surface area contributed by atoms with Gasteiger partial charge in [0.15, 0.2) is 5.82 Å². The highest BCUT2D eigenvalue weighted by Gasteiger charge is 2.24. The Morgan fingerprint density at radius 3 is 2.65 bits per heavy atom. The molecule has 0 atom stereocenters. The van der Waals surface area contributed by atoms with Crippen LogP contribution in [-0.2, 0) is 0 Å². The standard InChI is InChI=1S/C19H29N7/c1-26(15-8-6-14(20)7-9-15)19-21-11-10-17(23-19)22-18-12-16(24-25-18)13-4-2-3-5-13/h10-15H,2-9,20H2,1H3,(H2,21,22,23,24,25). The number of hydrogen-bond donors (Lipinski definition) is 3. The van der Waals surface area contributed by atoms with Crippen molar-refractivity contribution in [2.75, 3.05) is 17.3 Å². The van der Waals surface area contributed by atoms with Gasteiger partial charge >= 0.3 is 0 Å². The van der Waals surface area contributed by atoms with E-state index in [9.17, 15) is 0 Å². The Hall–Kier alpha value is -2.15. The quantitative estimate of drug-likeness (QED) is 0.761. The van der Waals surface area contributed by atoms with Crippen molar-refractivity contribution in [2.24, 2.45) is 5.73 Å². The lowest BCUT2D eigenvalue weighted by atomic mass is 9.91. The number of nitrogens with two attached hydrogens (primary N) is 1. The number of nitrogens with zero attached hydrogens (tertiary/aromatic N) is 4. The summed E-state index contributed by atoms with van der Waals surface area (Å²) in [6, 6.07) is 4.81. The molecule has 2 heterocycles. The molecule has 0 radical (unpaired) electrons. The fourth-order valence-electron chi connectivity index (χ4n) is 4.22. The highest BCUT2D eigenvalue weighted by atomic mass is 15.3. The number of hydrogen-bond acceptors (Lipinski definition) is 6. The van der Waals surface area contributed by atoms with E-state index in [0.717, 1.165) is 43.3 Å². The van der Waals surface area contributed by atoms with Gasteiger partial charge in [0.2, 0.25) is 5.95 Å². The fourth-order valence-corrected chi connectivity index (χ4v) is 4.22. The van der Waals surface area contributed by atoms with Crippen molar-refractivity contribution in [3.05, 3.63) is 24.0 Å². The third kappa shape index (κ3) is 3.82. The van der Waals surface area contributed by atoms with Gasteiger partial charge in [-0.25, -0.2) is 4.98 Å². The van der Waals surface area contributed by atoms with Crippen LogP contribution in [0.1, 0.15) is 63.0 Å². The third-order valence-corrected chi connectivity index (χ3v) is 5.90. The summed E-state index contributed by atoms with van der Waals surface area (Å²) in [6.45, 7) is 0. The summed E-state index contributed by atoms with van der Waals surface area (Å²) in [4.78, 5) is 11.3. The van der Waals surface area contributed by atoms with Crippen molar-refractivity contribution in [1.29, 1.82) is 0 Å². The van der Waals surface area contributed by atoms with Crippen LogP contribution in [0.4, 0.5) is 17.6 Å². The molecule has 2 aromatic rings. The first-order valence-electron chi connectivity index (χ1n) is 9.83. The predicted molar refractivity (Wildman–Crippen MR) is 104 cm³/mol. The average Bonchev–Trinajstić information content (AvgIpc) is 3.34. The molecule has 2 fully saturated rings. The molecule has 2 saturated carbocycles. The first kappa shape index (κ1) is 17.3. The molecule has 7 nitrogen and oxygen atoms in total. The van der Waals surface area contributed by atoms with Crippen molar-refractivity contribution in [3.8, 4) is 0 Å². The summed E-state index contributed by atoms with van der Waals surface area (Å²) in [5.74, 6) is 2.98. The predicted octanol–water partition coefficient (Wildman–Crippen LogP) is 3.31. The molecule has 2 aliphatic rings. The molecule has 0 aliphatic heterocycles. The summed E-state index contributed by atoms with van der Waals surface area (Å²) in [7, 11) is 2.08. The van der Waals surface area contributed by atoms with E-state index in [0.29, 0.717) is 18.0 Å². The fraction of sp³-hybridized carbons (Fsp3) is 0.632. The van der Waals surface area contributed by atoms with Crippen LogP contribution in [-0.4, -0.2) is 39.3 Å². The van der Waals surface area contributed by atoms with Gasteiger partial charge in [-0.1, -0.05) is 12.8 Å². The van der Waals surface area contributed by atoms with E-state index in [-0.39, 0.29) is 0 Å². The van der Waals surface area contributed by atoms with E-state index in [1.807, 2.05) is 6.07 Å². The van der Waals surface area contributed by atoms with Gasteiger partial charge in [-0.05, 0) is 44.6 Å². The van der Waals surface area contributed by atoms with E-state index < -0.39 is 0 Å². The van der Waals surface area contributed by atoms with Gasteiger partial charge in [-0.3, -0.25) is 5.10 Å². The minimum absolute atomic E-state index is 0.349. The Morgan fingerprint density at radius 2 is 1.88 bits per heavy atom. The summed E-state index contributed by atoms with van der Waals surface area (Å²) < 4.78 is 0. The molecule has 0 unspecified atom stereocenters. The second kappa shape index (κ2) is 7.61. The second-order valence-electron chi connectivity index (χ2n) is 7.74. The Morgan fingerprint density at radius 1 is 1.12 bits per heavy atom. The molecule has 4 rings (SSSR count). The van der Waals surface area contributed by atoms with Gasteiger partial charge in [0.05, 0.1) is 0 Å². The Labute approximate surface area is 154 Å². The highest BCUT2D eigenvalue weighted by molar-refractivity contribution is 5.53. The molecule has 0 bridgehead atoms. The molecule has 26 heavy (non-hydrogen) atoms. The van der Waals surface area contributed by atoms with Crippen LogP contribution in [0.3, 0.4) is 0 Å². The van der Waals surface area contributed by atoms with Crippen LogP contribution in [0, 0.1) is 0 Å².